The second kappa shape index (κ2) is 10.1. The molecule has 0 unspecified atom stereocenters. The highest BCUT2D eigenvalue weighted by Gasteiger charge is 2.23. The molecule has 2 aromatic carbocycles. The molecule has 1 heterocycles. The van der Waals surface area contributed by atoms with Crippen LogP contribution in [0.15, 0.2) is 36.4 Å². The Morgan fingerprint density at radius 2 is 1.81 bits per heavy atom. The first-order valence-corrected chi connectivity index (χ1v) is 10.4. The van der Waals surface area contributed by atoms with E-state index in [9.17, 15) is 14.3 Å². The molecule has 1 aromatic heterocycles. The van der Waals surface area contributed by atoms with Gasteiger partial charge in [0.15, 0.2) is 0 Å². The van der Waals surface area contributed by atoms with Crippen molar-refractivity contribution in [2.45, 2.75) is 33.5 Å². The van der Waals surface area contributed by atoms with Gasteiger partial charge in [-0.2, -0.15) is 0 Å². The third-order valence-corrected chi connectivity index (χ3v) is 5.92. The first-order chi connectivity index (χ1) is 15.3. The largest absolute Gasteiger partial charge is 0.497 e. The number of carboxylic acid groups (broad SMARTS) is 1. The molecule has 0 amide bonds. The van der Waals surface area contributed by atoms with Crippen molar-refractivity contribution in [3.05, 3.63) is 80.9 Å². The number of hydrogen-bond acceptors (Lipinski definition) is 4. The van der Waals surface area contributed by atoms with Crippen molar-refractivity contribution in [2.75, 3.05) is 14.2 Å². The van der Waals surface area contributed by atoms with E-state index >= 15 is 0 Å². The maximum atomic E-state index is 13.4. The average molecular weight is 461 g/mol. The number of hydrogen-bond donors (Lipinski definition) is 2. The number of benzene rings is 2. The molecule has 0 aliphatic rings. The lowest BCUT2D eigenvalue weighted by molar-refractivity contribution is 0.0694. The maximum absolute atomic E-state index is 13.4. The van der Waals surface area contributed by atoms with E-state index in [4.69, 9.17) is 21.1 Å². The summed E-state index contributed by atoms with van der Waals surface area (Å²) in [6, 6.07) is 9.74. The molecule has 0 radical (unpaired) electrons. The van der Waals surface area contributed by atoms with Gasteiger partial charge < -0.3 is 24.5 Å². The molecule has 170 valence electrons. The van der Waals surface area contributed by atoms with Gasteiger partial charge >= 0.3 is 5.97 Å². The number of rotatable bonds is 9. The van der Waals surface area contributed by atoms with Crippen LogP contribution in [0.4, 0.5) is 4.39 Å². The topological polar surface area (TPSA) is 72.7 Å². The predicted octanol–water partition coefficient (Wildman–Crippen LogP) is 4.95. The Balaban J connectivity index is 1.87. The van der Waals surface area contributed by atoms with Crippen molar-refractivity contribution < 1.29 is 23.8 Å². The van der Waals surface area contributed by atoms with E-state index in [2.05, 4.69) is 5.32 Å². The highest BCUT2D eigenvalue weighted by atomic mass is 35.5. The molecule has 3 aromatic rings. The molecule has 3 rings (SSSR count). The monoisotopic (exact) mass is 460 g/mol. The number of carbonyl (C=O) groups is 1. The molecular formula is C24H26ClFN2O4. The first kappa shape index (κ1) is 23.6. The molecule has 0 aliphatic heterocycles. The van der Waals surface area contributed by atoms with Gasteiger partial charge in [-0.1, -0.05) is 17.7 Å². The lowest BCUT2D eigenvalue weighted by Gasteiger charge is -2.13. The van der Waals surface area contributed by atoms with Crippen molar-refractivity contribution in [3.8, 4) is 11.5 Å². The van der Waals surface area contributed by atoms with Gasteiger partial charge in [-0.25, -0.2) is 9.18 Å². The molecule has 0 saturated carbocycles. The molecule has 8 heteroatoms. The number of nitrogens with zero attached hydrogens (tertiary/aromatic N) is 1. The second-order valence-corrected chi connectivity index (χ2v) is 7.84. The van der Waals surface area contributed by atoms with Crippen LogP contribution < -0.4 is 14.8 Å². The summed E-state index contributed by atoms with van der Waals surface area (Å²) in [6.45, 7) is 4.80. The maximum Gasteiger partial charge on any atom is 0.337 e. The standard InChI is InChI=1S/C24H26ClFN2O4/c1-14-20(12-27-11-17-9-19(31-3)7-8-22(17)32-4)23(24(29)30)15(2)28(14)13-16-5-6-18(26)10-21(16)25/h5-10,27H,11-13H2,1-4H3,(H,29,30). The SMILES string of the molecule is COc1ccc(OC)c(CNCc2c(C(=O)O)c(C)n(Cc3ccc(F)cc3Cl)c2C)c1. The molecular weight excluding hydrogens is 435 g/mol. The molecule has 0 saturated heterocycles. The number of nitrogens with one attached hydrogen (secondary N) is 1. The van der Waals surface area contributed by atoms with Gasteiger partial charge in [-0.15, -0.1) is 0 Å². The summed E-state index contributed by atoms with van der Waals surface area (Å²) in [6.07, 6.45) is 0. The van der Waals surface area contributed by atoms with Gasteiger partial charge in [0, 0.05) is 47.2 Å². The number of carboxylic acids is 1. The van der Waals surface area contributed by atoms with Crippen LogP contribution in [0, 0.1) is 19.7 Å². The molecule has 0 fully saturated rings. The van der Waals surface area contributed by atoms with E-state index in [0.29, 0.717) is 53.0 Å². The van der Waals surface area contributed by atoms with Gasteiger partial charge in [-0.05, 0) is 49.7 Å². The zero-order valence-corrected chi connectivity index (χ0v) is 19.2. The Labute approximate surface area is 191 Å². The second-order valence-electron chi connectivity index (χ2n) is 7.43. The van der Waals surface area contributed by atoms with Crippen LogP contribution in [0.3, 0.4) is 0 Å². The van der Waals surface area contributed by atoms with Gasteiger partial charge in [0.1, 0.15) is 17.3 Å². The molecule has 0 bridgehead atoms. The van der Waals surface area contributed by atoms with Crippen molar-refractivity contribution >= 4 is 17.6 Å². The van der Waals surface area contributed by atoms with Crippen molar-refractivity contribution in [3.63, 3.8) is 0 Å². The average Bonchev–Trinajstić information content (AvgIpc) is 2.99. The molecule has 0 atom stereocenters. The van der Waals surface area contributed by atoms with E-state index in [1.54, 1.807) is 27.2 Å². The molecule has 6 nitrogen and oxygen atoms in total. The Hall–Kier alpha value is -3.03. The van der Waals surface area contributed by atoms with Crippen LogP contribution in [0.25, 0.3) is 0 Å². The predicted molar refractivity (Wildman–Crippen MR) is 121 cm³/mol. The Morgan fingerprint density at radius 3 is 2.44 bits per heavy atom. The minimum Gasteiger partial charge on any atom is -0.497 e. The van der Waals surface area contributed by atoms with Crippen LogP contribution in [0.1, 0.15) is 38.4 Å². The summed E-state index contributed by atoms with van der Waals surface area (Å²) in [5.74, 6) is 0.0189. The fourth-order valence-electron chi connectivity index (χ4n) is 3.85. The highest BCUT2D eigenvalue weighted by Crippen LogP contribution is 2.27. The normalized spacial score (nSPS) is 10.9. The zero-order chi connectivity index (χ0) is 23.4. The summed E-state index contributed by atoms with van der Waals surface area (Å²) in [5.41, 5.74) is 3.99. The number of ether oxygens (including phenoxy) is 2. The fourth-order valence-corrected chi connectivity index (χ4v) is 4.08. The molecule has 2 N–H and O–H groups in total. The lowest BCUT2D eigenvalue weighted by atomic mass is 10.1. The number of aromatic carboxylic acids is 1. The Kier molecular flexibility index (Phi) is 7.43. The van der Waals surface area contributed by atoms with Crippen molar-refractivity contribution in [1.82, 2.24) is 9.88 Å². The van der Waals surface area contributed by atoms with Crippen molar-refractivity contribution in [1.29, 1.82) is 0 Å². The van der Waals surface area contributed by atoms with Gasteiger partial charge in [0.25, 0.3) is 0 Å². The summed E-state index contributed by atoms with van der Waals surface area (Å²) in [4.78, 5) is 12.0. The van der Waals surface area contributed by atoms with E-state index in [1.165, 1.54) is 12.1 Å². The Morgan fingerprint density at radius 1 is 1.06 bits per heavy atom. The van der Waals surface area contributed by atoms with E-state index in [-0.39, 0.29) is 5.56 Å². The van der Waals surface area contributed by atoms with Gasteiger partial charge in [0.05, 0.1) is 19.8 Å². The van der Waals surface area contributed by atoms with Crippen LogP contribution in [0.5, 0.6) is 11.5 Å². The van der Waals surface area contributed by atoms with Crippen LogP contribution >= 0.6 is 11.6 Å². The minimum atomic E-state index is -0.995. The summed E-state index contributed by atoms with van der Waals surface area (Å²) < 4.78 is 26.0. The molecule has 0 spiro atoms. The first-order valence-electron chi connectivity index (χ1n) is 10.0. The zero-order valence-electron chi connectivity index (χ0n) is 18.5. The number of halogens is 2. The van der Waals surface area contributed by atoms with E-state index < -0.39 is 11.8 Å². The van der Waals surface area contributed by atoms with Gasteiger partial charge in [-0.3, -0.25) is 0 Å². The minimum absolute atomic E-state index is 0.255. The van der Waals surface area contributed by atoms with Crippen LogP contribution in [0.2, 0.25) is 5.02 Å². The highest BCUT2D eigenvalue weighted by molar-refractivity contribution is 6.31. The van der Waals surface area contributed by atoms with Gasteiger partial charge in [0.2, 0.25) is 0 Å². The summed E-state index contributed by atoms with van der Waals surface area (Å²) in [7, 11) is 3.20. The quantitative estimate of drug-likeness (QED) is 0.472. The molecule has 0 aliphatic carbocycles. The lowest BCUT2D eigenvalue weighted by Crippen LogP contribution is -2.16. The Bertz CT molecular complexity index is 1140. The third-order valence-electron chi connectivity index (χ3n) is 5.57. The molecule has 32 heavy (non-hydrogen) atoms. The van der Waals surface area contributed by atoms with Crippen molar-refractivity contribution in [2.24, 2.45) is 0 Å². The number of methoxy groups -OCH3 is 2. The van der Waals surface area contributed by atoms with Crippen LogP contribution in [-0.2, 0) is 19.6 Å². The van der Waals surface area contributed by atoms with E-state index in [0.717, 1.165) is 11.3 Å². The summed E-state index contributed by atoms with van der Waals surface area (Å²) in [5, 5.41) is 13.5. The fraction of sp³-hybridized carbons (Fsp3) is 0.292. The van der Waals surface area contributed by atoms with E-state index in [1.807, 2.05) is 29.7 Å². The third kappa shape index (κ3) is 4.89. The number of aromatic nitrogens is 1. The summed E-state index contributed by atoms with van der Waals surface area (Å²) >= 11 is 6.19. The smallest absolute Gasteiger partial charge is 0.337 e. The van der Waals surface area contributed by atoms with Crippen LogP contribution in [-0.4, -0.2) is 29.9 Å².